The van der Waals surface area contributed by atoms with Crippen molar-refractivity contribution < 1.29 is 4.79 Å². The molecular formula is C23H33N3O. The van der Waals surface area contributed by atoms with E-state index in [2.05, 4.69) is 43.0 Å². The zero-order valence-electron chi connectivity index (χ0n) is 17.2. The first-order valence-corrected chi connectivity index (χ1v) is 10.8. The van der Waals surface area contributed by atoms with E-state index < -0.39 is 0 Å². The molecule has 3 aliphatic carbocycles. The maximum Gasteiger partial charge on any atom is 0.246 e. The summed E-state index contributed by atoms with van der Waals surface area (Å²) in [6, 6.07) is 0.382. The van der Waals surface area contributed by atoms with Gasteiger partial charge in [0.15, 0.2) is 0 Å². The minimum atomic E-state index is 0.148. The van der Waals surface area contributed by atoms with Gasteiger partial charge in [0.2, 0.25) is 5.91 Å². The molecule has 1 aromatic heterocycles. The van der Waals surface area contributed by atoms with Gasteiger partial charge in [0.05, 0.1) is 0 Å². The number of H-pyrrole nitrogens is 1. The Hall–Kier alpha value is -1.58. The summed E-state index contributed by atoms with van der Waals surface area (Å²) in [5.41, 5.74) is 1.90. The van der Waals surface area contributed by atoms with E-state index in [0.29, 0.717) is 23.3 Å². The van der Waals surface area contributed by atoms with Crippen molar-refractivity contribution in [3.8, 4) is 0 Å². The van der Waals surface area contributed by atoms with E-state index in [9.17, 15) is 4.79 Å². The van der Waals surface area contributed by atoms with Gasteiger partial charge in [-0.3, -0.25) is 4.79 Å². The number of carbonyl (C=O) groups is 1. The zero-order valence-corrected chi connectivity index (χ0v) is 17.2. The lowest BCUT2D eigenvalue weighted by atomic mass is 9.47. The van der Waals surface area contributed by atoms with Gasteiger partial charge < -0.3 is 9.88 Å². The van der Waals surface area contributed by atoms with Crippen molar-refractivity contribution in [1.29, 1.82) is 0 Å². The Morgan fingerprint density at radius 2 is 1.96 bits per heavy atom. The van der Waals surface area contributed by atoms with Crippen LogP contribution in [-0.2, 0) is 4.79 Å². The predicted octanol–water partition coefficient (Wildman–Crippen LogP) is 4.44. The highest BCUT2D eigenvalue weighted by Crippen LogP contribution is 2.67. The fourth-order valence-corrected chi connectivity index (χ4v) is 7.87. The molecule has 3 saturated carbocycles. The summed E-state index contributed by atoms with van der Waals surface area (Å²) in [5.74, 6) is 4.17. The lowest BCUT2D eigenvalue weighted by Gasteiger charge is -2.60. The molecule has 0 saturated heterocycles. The van der Waals surface area contributed by atoms with Crippen LogP contribution in [0.5, 0.6) is 0 Å². The fourth-order valence-electron chi connectivity index (χ4n) is 7.87. The van der Waals surface area contributed by atoms with Gasteiger partial charge in [-0.25, -0.2) is 4.98 Å². The minimum Gasteiger partial charge on any atom is -0.346 e. The van der Waals surface area contributed by atoms with E-state index in [4.69, 9.17) is 0 Å². The molecule has 5 rings (SSSR count). The van der Waals surface area contributed by atoms with Crippen molar-refractivity contribution in [3.05, 3.63) is 29.9 Å². The lowest BCUT2D eigenvalue weighted by Crippen LogP contribution is -2.59. The van der Waals surface area contributed by atoms with Gasteiger partial charge in [-0.15, -0.1) is 0 Å². The number of likely N-dealkylation sites (N-methyl/N-ethyl adjacent to an activating group) is 1. The summed E-state index contributed by atoms with van der Waals surface area (Å²) >= 11 is 0. The van der Waals surface area contributed by atoms with Crippen LogP contribution in [0.1, 0.15) is 69.8 Å². The zero-order chi connectivity index (χ0) is 19.0. The number of aryl methyl sites for hydroxylation is 1. The topological polar surface area (TPSA) is 49.0 Å². The van der Waals surface area contributed by atoms with Gasteiger partial charge in [0.1, 0.15) is 5.82 Å². The standard InChI is InChI=1S/C23H33N3O/c1-14-24-13-19(25-14)18-7-6-16-15-5-8-20-23(3,12-10-21(27)26(20)4)17(15)9-11-22(16,18)2/h10,12-13,15-18,20H,5-9,11H2,1-4H3,(H,24,25)/t15-,16-,17-,18+,20+,22-,23+/m0/s1. The molecule has 0 spiro atoms. The van der Waals surface area contributed by atoms with E-state index in [1.165, 1.54) is 37.8 Å². The smallest absolute Gasteiger partial charge is 0.246 e. The second kappa shape index (κ2) is 5.71. The number of hydrogen-bond donors (Lipinski definition) is 1. The third-order valence-electron chi connectivity index (χ3n) is 9.23. The maximum absolute atomic E-state index is 12.2. The van der Waals surface area contributed by atoms with Crippen LogP contribution in [-0.4, -0.2) is 33.9 Å². The molecule has 1 aromatic rings. The Morgan fingerprint density at radius 1 is 1.15 bits per heavy atom. The molecule has 4 heteroatoms. The van der Waals surface area contributed by atoms with Crippen LogP contribution in [0.15, 0.2) is 18.3 Å². The van der Waals surface area contributed by atoms with E-state index in [1.54, 1.807) is 0 Å². The van der Waals surface area contributed by atoms with Crippen molar-refractivity contribution in [2.24, 2.45) is 28.6 Å². The molecule has 1 aliphatic heterocycles. The number of imidazole rings is 1. The summed E-state index contributed by atoms with van der Waals surface area (Å²) < 4.78 is 0. The number of aromatic amines is 1. The first-order valence-electron chi connectivity index (χ1n) is 10.8. The van der Waals surface area contributed by atoms with E-state index in [-0.39, 0.29) is 11.3 Å². The third-order valence-corrected chi connectivity index (χ3v) is 9.23. The largest absolute Gasteiger partial charge is 0.346 e. The first-order chi connectivity index (χ1) is 12.8. The average molecular weight is 368 g/mol. The summed E-state index contributed by atoms with van der Waals surface area (Å²) in [6.45, 7) is 7.05. The van der Waals surface area contributed by atoms with Crippen molar-refractivity contribution in [1.82, 2.24) is 14.9 Å². The van der Waals surface area contributed by atoms with Crippen LogP contribution in [0, 0.1) is 35.5 Å². The Morgan fingerprint density at radius 3 is 2.70 bits per heavy atom. The normalized spacial score (nSPS) is 46.1. The average Bonchev–Trinajstić information content (AvgIpc) is 3.21. The number of nitrogens with one attached hydrogen (secondary N) is 1. The van der Waals surface area contributed by atoms with Crippen LogP contribution in [0.2, 0.25) is 0 Å². The van der Waals surface area contributed by atoms with E-state index in [1.807, 2.05) is 18.0 Å². The Kier molecular flexibility index (Phi) is 3.71. The number of aromatic nitrogens is 2. The van der Waals surface area contributed by atoms with Gasteiger partial charge in [0.25, 0.3) is 0 Å². The molecule has 0 unspecified atom stereocenters. The van der Waals surface area contributed by atoms with Crippen LogP contribution in [0.3, 0.4) is 0 Å². The molecule has 27 heavy (non-hydrogen) atoms. The Labute approximate surface area is 162 Å². The van der Waals surface area contributed by atoms with Crippen LogP contribution in [0.4, 0.5) is 0 Å². The highest BCUT2D eigenvalue weighted by Gasteiger charge is 2.60. The number of rotatable bonds is 1. The van der Waals surface area contributed by atoms with Crippen molar-refractivity contribution in [2.75, 3.05) is 7.05 Å². The number of carbonyl (C=O) groups excluding carboxylic acids is 1. The quantitative estimate of drug-likeness (QED) is 0.798. The van der Waals surface area contributed by atoms with E-state index >= 15 is 0 Å². The summed E-state index contributed by atoms with van der Waals surface area (Å²) in [6.07, 6.45) is 13.9. The number of amides is 1. The molecule has 1 amide bonds. The minimum absolute atomic E-state index is 0.148. The van der Waals surface area contributed by atoms with Crippen LogP contribution in [0.25, 0.3) is 0 Å². The number of hydrogen-bond acceptors (Lipinski definition) is 2. The monoisotopic (exact) mass is 367 g/mol. The second-order valence-corrected chi connectivity index (χ2v) is 10.2. The number of nitrogens with zero attached hydrogens (tertiary/aromatic N) is 2. The fraction of sp³-hybridized carbons (Fsp3) is 0.739. The summed E-state index contributed by atoms with van der Waals surface area (Å²) in [4.78, 5) is 22.3. The summed E-state index contributed by atoms with van der Waals surface area (Å²) in [7, 11) is 2.01. The molecule has 4 nitrogen and oxygen atoms in total. The molecule has 1 N–H and O–H groups in total. The highest BCUT2D eigenvalue weighted by molar-refractivity contribution is 5.89. The van der Waals surface area contributed by atoms with Crippen LogP contribution < -0.4 is 0 Å². The second-order valence-electron chi connectivity index (χ2n) is 10.2. The van der Waals surface area contributed by atoms with E-state index in [0.717, 1.165) is 24.1 Å². The Bertz CT molecular complexity index is 797. The SMILES string of the molecule is Cc1ncc([C@H]2CC[C@H]3[C@@H]4CC[C@H]5N(C)C(=O)C=C[C@]5(C)[C@H]4CC[C@]23C)[nH]1. The van der Waals surface area contributed by atoms with Gasteiger partial charge in [-0.05, 0) is 74.7 Å². The molecule has 0 radical (unpaired) electrons. The third kappa shape index (κ3) is 2.28. The van der Waals surface area contributed by atoms with Crippen molar-refractivity contribution in [2.45, 2.75) is 71.3 Å². The van der Waals surface area contributed by atoms with Crippen LogP contribution >= 0.6 is 0 Å². The molecule has 3 fully saturated rings. The van der Waals surface area contributed by atoms with Crippen molar-refractivity contribution >= 4 is 5.91 Å². The maximum atomic E-state index is 12.2. The molecule has 146 valence electrons. The van der Waals surface area contributed by atoms with Gasteiger partial charge in [-0.2, -0.15) is 0 Å². The van der Waals surface area contributed by atoms with Crippen molar-refractivity contribution in [3.63, 3.8) is 0 Å². The Balaban J connectivity index is 1.47. The molecule has 2 heterocycles. The molecular weight excluding hydrogens is 334 g/mol. The molecule has 4 aliphatic rings. The van der Waals surface area contributed by atoms with Gasteiger partial charge >= 0.3 is 0 Å². The highest BCUT2D eigenvalue weighted by atomic mass is 16.2. The molecule has 7 atom stereocenters. The molecule has 0 aromatic carbocycles. The van der Waals surface area contributed by atoms with Gasteiger partial charge in [-0.1, -0.05) is 19.9 Å². The predicted molar refractivity (Wildman–Crippen MR) is 106 cm³/mol. The first kappa shape index (κ1) is 17.5. The summed E-state index contributed by atoms with van der Waals surface area (Å²) in [5, 5.41) is 0. The molecule has 0 bridgehead atoms. The lowest BCUT2D eigenvalue weighted by molar-refractivity contribution is -0.138. The van der Waals surface area contributed by atoms with Gasteiger partial charge in [0, 0.05) is 36.3 Å². The number of fused-ring (bicyclic) bond motifs is 5.